The Hall–Kier alpha value is -3.89. The van der Waals surface area contributed by atoms with Crippen molar-refractivity contribution >= 4 is 38.5 Å². The zero-order valence-corrected chi connectivity index (χ0v) is 23.1. The molecule has 2 aliphatic heterocycles. The van der Waals surface area contributed by atoms with Crippen LogP contribution < -0.4 is 10.9 Å². The number of aromatic amines is 1. The molecule has 1 amide bonds. The van der Waals surface area contributed by atoms with Crippen molar-refractivity contribution in [3.63, 3.8) is 0 Å². The first kappa shape index (κ1) is 26.7. The number of benzene rings is 1. The lowest BCUT2D eigenvalue weighted by molar-refractivity contribution is 0.0835. The van der Waals surface area contributed by atoms with Gasteiger partial charge in [-0.3, -0.25) is 4.79 Å². The molecular weight excluding hydrogens is 522 g/mol. The molecule has 4 heterocycles. The number of rotatable bonds is 4. The van der Waals surface area contributed by atoms with Crippen molar-refractivity contribution in [2.45, 2.75) is 56.1 Å². The lowest BCUT2D eigenvalue weighted by atomic mass is 9.87. The summed E-state index contributed by atoms with van der Waals surface area (Å²) in [6, 6.07) is 6.76. The Kier molecular flexibility index (Phi) is 6.43. The van der Waals surface area contributed by atoms with Gasteiger partial charge < -0.3 is 24.8 Å². The number of likely N-dealkylation sites (tertiary alicyclic amines) is 1. The first-order valence-electron chi connectivity index (χ1n) is 12.6. The Labute approximate surface area is 226 Å². The fourth-order valence-electron chi connectivity index (χ4n) is 5.47. The third-order valence-electron chi connectivity index (χ3n) is 7.51. The van der Waals surface area contributed by atoms with Crippen molar-refractivity contribution in [1.82, 2.24) is 24.0 Å². The number of ether oxygens (including phenoxy) is 1. The summed E-state index contributed by atoms with van der Waals surface area (Å²) in [6.07, 6.45) is 2.06. The van der Waals surface area contributed by atoms with E-state index < -0.39 is 27.2 Å². The first-order chi connectivity index (χ1) is 18.4. The van der Waals surface area contributed by atoms with E-state index >= 15 is 0 Å². The molecule has 0 saturated carbocycles. The van der Waals surface area contributed by atoms with Gasteiger partial charge in [0.2, 0.25) is 16.6 Å². The van der Waals surface area contributed by atoms with E-state index in [0.717, 1.165) is 0 Å². The molecule has 0 atom stereocenters. The molecule has 1 aromatic carbocycles. The minimum absolute atomic E-state index is 0.129. The number of amides is 1. The average Bonchev–Trinajstić information content (AvgIpc) is 3.39. The molecular formula is C26H31N7O5S. The van der Waals surface area contributed by atoms with E-state index in [1.54, 1.807) is 40.0 Å². The fraction of sp³-hybridized carbons (Fsp3) is 0.462. The molecule has 5 rings (SSSR count). The van der Waals surface area contributed by atoms with E-state index in [-0.39, 0.29) is 23.5 Å². The maximum Gasteiger partial charge on any atom is 0.409 e. The normalized spacial score (nSPS) is 18.5. The molecule has 2 aromatic heterocycles. The molecule has 0 radical (unpaired) electrons. The third-order valence-corrected chi connectivity index (χ3v) is 9.72. The zero-order valence-electron chi connectivity index (χ0n) is 22.3. The van der Waals surface area contributed by atoms with Gasteiger partial charge in [-0.25, -0.2) is 24.5 Å². The molecule has 2 N–H and O–H groups in total. The molecule has 3 aromatic rings. The lowest BCUT2D eigenvalue weighted by Crippen LogP contribution is -2.50. The number of pyridine rings is 1. The second-order valence-corrected chi connectivity index (χ2v) is 12.8. The predicted molar refractivity (Wildman–Crippen MR) is 145 cm³/mol. The molecule has 0 spiro atoms. The number of hydrogen-bond donors (Lipinski definition) is 2. The Bertz CT molecular complexity index is 1650. The van der Waals surface area contributed by atoms with E-state index in [1.165, 1.54) is 11.4 Å². The molecule has 0 aliphatic carbocycles. The van der Waals surface area contributed by atoms with Gasteiger partial charge in [-0.15, -0.1) is 0 Å². The minimum atomic E-state index is -3.61. The van der Waals surface area contributed by atoms with E-state index in [4.69, 9.17) is 16.4 Å². The topological polar surface area (TPSA) is 134 Å². The first-order valence-corrected chi connectivity index (χ1v) is 14.1. The maximum atomic E-state index is 13.1. The van der Waals surface area contributed by atoms with Crippen molar-refractivity contribution < 1.29 is 17.9 Å². The highest BCUT2D eigenvalue weighted by Gasteiger charge is 2.44. The number of carbonyl (C=O) groups excluding carboxylic acids is 1. The SMILES string of the molecule is [C-]#[N+]CC1(n2nc(Nc3ccc4c(c3)CN(C(C)(C)C)S4(=O)=O)c3c(=O)[nH]ccc32)CCN(C(=O)OC)CC1. The number of H-pyrrole nitrogens is 1. The number of aromatic nitrogens is 3. The molecule has 1 saturated heterocycles. The molecule has 13 heteroatoms. The van der Waals surface area contributed by atoms with Gasteiger partial charge >= 0.3 is 6.09 Å². The number of anilines is 2. The second-order valence-electron chi connectivity index (χ2n) is 11.0. The molecule has 2 aliphatic rings. The summed E-state index contributed by atoms with van der Waals surface area (Å²) in [7, 11) is -2.27. The molecule has 12 nitrogen and oxygen atoms in total. The molecule has 39 heavy (non-hydrogen) atoms. The number of fused-ring (bicyclic) bond motifs is 2. The largest absolute Gasteiger partial charge is 0.453 e. The Morgan fingerprint density at radius 2 is 1.97 bits per heavy atom. The summed E-state index contributed by atoms with van der Waals surface area (Å²) in [6.45, 7) is 14.3. The van der Waals surface area contributed by atoms with Gasteiger partial charge in [-0.2, -0.15) is 9.40 Å². The Balaban J connectivity index is 1.54. The van der Waals surface area contributed by atoms with E-state index in [0.29, 0.717) is 53.9 Å². The molecule has 0 bridgehead atoms. The number of nitrogens with zero attached hydrogens (tertiary/aromatic N) is 5. The van der Waals surface area contributed by atoms with Crippen LogP contribution in [-0.2, 0) is 26.8 Å². The molecule has 1 fully saturated rings. The van der Waals surface area contributed by atoms with E-state index in [2.05, 4.69) is 15.1 Å². The van der Waals surface area contributed by atoms with Crippen LogP contribution in [0, 0.1) is 6.57 Å². The predicted octanol–water partition coefficient (Wildman–Crippen LogP) is 3.25. The summed E-state index contributed by atoms with van der Waals surface area (Å²) in [5.41, 5.74) is 0.181. The number of sulfonamides is 1. The summed E-state index contributed by atoms with van der Waals surface area (Å²) in [4.78, 5) is 33.3. The number of carbonyl (C=O) groups is 1. The van der Waals surface area contributed by atoms with Gasteiger partial charge in [0.25, 0.3) is 5.56 Å². The maximum absolute atomic E-state index is 13.1. The van der Waals surface area contributed by atoms with Gasteiger partial charge in [-0.1, -0.05) is 0 Å². The molecule has 206 valence electrons. The van der Waals surface area contributed by atoms with Crippen LogP contribution in [0.25, 0.3) is 15.7 Å². The van der Waals surface area contributed by atoms with Crippen LogP contribution in [-0.4, -0.2) is 70.8 Å². The zero-order chi connectivity index (χ0) is 28.2. The van der Waals surface area contributed by atoms with Crippen molar-refractivity contribution in [2.24, 2.45) is 0 Å². The Morgan fingerprint density at radius 1 is 1.26 bits per heavy atom. The number of piperidine rings is 1. The number of nitrogens with one attached hydrogen (secondary N) is 2. The van der Waals surface area contributed by atoms with Crippen LogP contribution in [0.15, 0.2) is 40.2 Å². The third kappa shape index (κ3) is 4.43. The monoisotopic (exact) mass is 553 g/mol. The van der Waals surface area contributed by atoms with Crippen LogP contribution in [0.1, 0.15) is 39.2 Å². The van der Waals surface area contributed by atoms with Gasteiger partial charge in [0, 0.05) is 37.1 Å². The second kappa shape index (κ2) is 9.39. The van der Waals surface area contributed by atoms with Crippen molar-refractivity contribution in [3.05, 3.63) is 57.8 Å². The van der Waals surface area contributed by atoms with Gasteiger partial charge in [-0.05, 0) is 63.4 Å². The van der Waals surface area contributed by atoms with E-state index in [9.17, 15) is 18.0 Å². The van der Waals surface area contributed by atoms with Crippen LogP contribution in [0.5, 0.6) is 0 Å². The number of hydrogen-bond acceptors (Lipinski definition) is 7. The molecule has 0 unspecified atom stereocenters. The van der Waals surface area contributed by atoms with Crippen LogP contribution >= 0.6 is 0 Å². The van der Waals surface area contributed by atoms with Gasteiger partial charge in [0.1, 0.15) is 10.9 Å². The van der Waals surface area contributed by atoms with Crippen LogP contribution in [0.2, 0.25) is 0 Å². The smallest absolute Gasteiger partial charge is 0.409 e. The van der Waals surface area contributed by atoms with Crippen molar-refractivity contribution in [1.29, 1.82) is 0 Å². The van der Waals surface area contributed by atoms with Crippen molar-refractivity contribution in [2.75, 3.05) is 32.1 Å². The summed E-state index contributed by atoms with van der Waals surface area (Å²) < 4.78 is 34.2. The van der Waals surface area contributed by atoms with E-state index in [1.807, 2.05) is 20.8 Å². The highest BCUT2D eigenvalue weighted by molar-refractivity contribution is 7.89. The summed E-state index contributed by atoms with van der Waals surface area (Å²) in [5, 5.41) is 8.37. The highest BCUT2D eigenvalue weighted by Crippen LogP contribution is 2.39. The highest BCUT2D eigenvalue weighted by atomic mass is 32.2. The van der Waals surface area contributed by atoms with Gasteiger partial charge in [0.15, 0.2) is 5.82 Å². The number of methoxy groups -OCH3 is 1. The Morgan fingerprint density at radius 3 is 2.62 bits per heavy atom. The summed E-state index contributed by atoms with van der Waals surface area (Å²) >= 11 is 0. The standard InChI is InChI=1S/C26H31N7O5S/c1-25(2,3)32-15-17-14-18(6-7-20(17)39(32,36)37)29-22-21-19(8-11-28-23(21)34)33(30-22)26(16-27-4)9-12-31(13-10-26)24(35)38-5/h6-8,11,14H,9-10,12-13,15-16H2,1-3,5H3,(H,28,34)(H,29,30). The summed E-state index contributed by atoms with van der Waals surface area (Å²) in [5.74, 6) is 0.306. The minimum Gasteiger partial charge on any atom is -0.453 e. The van der Waals surface area contributed by atoms with Crippen molar-refractivity contribution in [3.8, 4) is 0 Å². The van der Waals surface area contributed by atoms with Gasteiger partial charge in [0.05, 0.1) is 17.5 Å². The quantitative estimate of drug-likeness (QED) is 0.474. The fourth-order valence-corrected chi connectivity index (χ4v) is 7.43. The lowest BCUT2D eigenvalue weighted by Gasteiger charge is -2.38. The van der Waals surface area contributed by atoms with Crippen LogP contribution in [0.4, 0.5) is 16.3 Å². The van der Waals surface area contributed by atoms with Crippen LogP contribution in [0.3, 0.4) is 0 Å². The average molecular weight is 554 g/mol.